The van der Waals surface area contributed by atoms with Gasteiger partial charge in [0.25, 0.3) is 5.56 Å². The summed E-state index contributed by atoms with van der Waals surface area (Å²) >= 11 is 2.47. The topological polar surface area (TPSA) is 93.1 Å². The van der Waals surface area contributed by atoms with E-state index in [1.165, 1.54) is 34.1 Å². The second-order valence-corrected chi connectivity index (χ2v) is 9.88. The zero-order valence-corrected chi connectivity index (χ0v) is 19.7. The van der Waals surface area contributed by atoms with Crippen LogP contribution in [0.1, 0.15) is 23.8 Å². The maximum atomic E-state index is 14.7. The van der Waals surface area contributed by atoms with Crippen LogP contribution in [0.4, 0.5) is 9.18 Å². The van der Waals surface area contributed by atoms with Crippen LogP contribution in [-0.4, -0.2) is 33.8 Å². The van der Waals surface area contributed by atoms with Crippen LogP contribution in [0, 0.1) is 11.7 Å². The summed E-state index contributed by atoms with van der Waals surface area (Å²) in [5.41, 5.74) is 0.736. The first-order valence-electron chi connectivity index (χ1n) is 10.5. The van der Waals surface area contributed by atoms with Crippen molar-refractivity contribution in [2.24, 2.45) is 5.92 Å². The van der Waals surface area contributed by atoms with Crippen molar-refractivity contribution in [2.75, 3.05) is 12.3 Å². The van der Waals surface area contributed by atoms with Gasteiger partial charge in [0.2, 0.25) is 5.91 Å². The van der Waals surface area contributed by atoms with E-state index in [2.05, 4.69) is 29.1 Å². The SMILES string of the molecule is C=CCNC(=O)NC(=O)CSc1nc2sc3c(c2c(=O)n1-c1ccccc1F)CCC(C)C3. The molecule has 7 nitrogen and oxygen atoms in total. The standard InChI is InChI=1S/C23H23FN4O3S2/c1-3-10-25-22(31)26-18(29)12-32-23-27-20-19(14-9-8-13(2)11-17(14)33-20)21(30)28(23)16-7-5-4-6-15(16)24/h3-7,13H,1,8-12H2,2H3,(H2,25,26,29,31). The number of carbonyl (C=O) groups excluding carboxylic acids is 2. The normalized spacial score (nSPS) is 15.2. The van der Waals surface area contributed by atoms with Crippen LogP contribution < -0.4 is 16.2 Å². The number of urea groups is 1. The maximum absolute atomic E-state index is 14.7. The summed E-state index contributed by atoms with van der Waals surface area (Å²) < 4.78 is 15.9. The molecule has 0 spiro atoms. The minimum Gasteiger partial charge on any atom is -0.334 e. The van der Waals surface area contributed by atoms with Gasteiger partial charge in [-0.15, -0.1) is 17.9 Å². The zero-order valence-electron chi connectivity index (χ0n) is 18.0. The number of rotatable bonds is 6. The molecule has 2 aromatic heterocycles. The number of halogens is 1. The first-order valence-corrected chi connectivity index (χ1v) is 12.3. The van der Waals surface area contributed by atoms with Crippen molar-refractivity contribution in [3.63, 3.8) is 0 Å². The summed E-state index contributed by atoms with van der Waals surface area (Å²) in [5, 5.41) is 5.39. The highest BCUT2D eigenvalue weighted by Crippen LogP contribution is 2.37. The minimum absolute atomic E-state index is 0.0765. The van der Waals surface area contributed by atoms with Crippen LogP contribution in [0.25, 0.3) is 15.9 Å². The number of thioether (sulfide) groups is 1. The molecule has 0 radical (unpaired) electrons. The Bertz CT molecular complexity index is 1300. The molecule has 33 heavy (non-hydrogen) atoms. The third kappa shape index (κ3) is 4.86. The first kappa shape index (κ1) is 23.2. The number of hydrogen-bond donors (Lipinski definition) is 2. The van der Waals surface area contributed by atoms with Crippen LogP contribution >= 0.6 is 23.1 Å². The van der Waals surface area contributed by atoms with Crippen molar-refractivity contribution in [3.05, 3.63) is 63.5 Å². The molecular formula is C23H23FN4O3S2. The number of fused-ring (bicyclic) bond motifs is 3. The summed E-state index contributed by atoms with van der Waals surface area (Å²) in [6.07, 6.45) is 4.16. The van der Waals surface area contributed by atoms with E-state index in [-0.39, 0.29) is 28.7 Å². The van der Waals surface area contributed by atoms with Gasteiger partial charge in [0.1, 0.15) is 10.6 Å². The Morgan fingerprint density at radius 1 is 1.39 bits per heavy atom. The van der Waals surface area contributed by atoms with Gasteiger partial charge < -0.3 is 5.32 Å². The van der Waals surface area contributed by atoms with Gasteiger partial charge in [-0.05, 0) is 42.9 Å². The van der Waals surface area contributed by atoms with Crippen molar-refractivity contribution < 1.29 is 14.0 Å². The van der Waals surface area contributed by atoms with E-state index in [0.29, 0.717) is 16.1 Å². The highest BCUT2D eigenvalue weighted by atomic mass is 32.2. The van der Waals surface area contributed by atoms with E-state index in [1.807, 2.05) is 0 Å². The fourth-order valence-corrected chi connectivity index (χ4v) is 6.05. The molecule has 10 heteroatoms. The lowest BCUT2D eigenvalue weighted by Crippen LogP contribution is -2.40. The van der Waals surface area contributed by atoms with Crippen molar-refractivity contribution in [1.82, 2.24) is 20.2 Å². The zero-order chi connectivity index (χ0) is 23.5. The number of nitrogens with zero attached hydrogens (tertiary/aromatic N) is 2. The molecule has 0 saturated heterocycles. The van der Waals surface area contributed by atoms with Crippen LogP contribution in [0.2, 0.25) is 0 Å². The second kappa shape index (κ2) is 9.88. The minimum atomic E-state index is -0.643. The third-order valence-corrected chi connectivity index (χ3v) is 7.47. The Hall–Kier alpha value is -2.98. The molecule has 2 heterocycles. The highest BCUT2D eigenvalue weighted by Gasteiger charge is 2.26. The van der Waals surface area contributed by atoms with E-state index < -0.39 is 17.8 Å². The molecule has 1 aliphatic carbocycles. The fraction of sp³-hybridized carbons (Fsp3) is 0.304. The number of aromatic nitrogens is 2. The lowest BCUT2D eigenvalue weighted by molar-refractivity contribution is -0.117. The van der Waals surface area contributed by atoms with Gasteiger partial charge in [-0.25, -0.2) is 14.2 Å². The third-order valence-electron chi connectivity index (χ3n) is 5.38. The Balaban J connectivity index is 1.73. The molecule has 0 fully saturated rings. The molecule has 0 saturated carbocycles. The molecule has 1 aromatic carbocycles. The maximum Gasteiger partial charge on any atom is 0.321 e. The Morgan fingerprint density at radius 3 is 2.94 bits per heavy atom. The van der Waals surface area contributed by atoms with E-state index in [4.69, 9.17) is 0 Å². The fourth-order valence-electron chi connectivity index (χ4n) is 3.82. The van der Waals surface area contributed by atoms with Crippen LogP contribution in [-0.2, 0) is 17.6 Å². The van der Waals surface area contributed by atoms with Crippen LogP contribution in [0.3, 0.4) is 0 Å². The number of amides is 3. The van der Waals surface area contributed by atoms with Crippen LogP contribution in [0.15, 0.2) is 46.9 Å². The van der Waals surface area contributed by atoms with Gasteiger partial charge in [0.05, 0.1) is 16.8 Å². The molecular weight excluding hydrogens is 463 g/mol. The van der Waals surface area contributed by atoms with Crippen molar-refractivity contribution in [2.45, 2.75) is 31.3 Å². The van der Waals surface area contributed by atoms with Gasteiger partial charge in [-0.1, -0.05) is 36.9 Å². The molecule has 2 N–H and O–H groups in total. The Labute approximate surface area is 198 Å². The summed E-state index contributed by atoms with van der Waals surface area (Å²) in [5.74, 6) is -0.760. The van der Waals surface area contributed by atoms with E-state index in [9.17, 15) is 18.8 Å². The second-order valence-electron chi connectivity index (χ2n) is 7.85. The van der Waals surface area contributed by atoms with E-state index in [0.717, 1.165) is 41.5 Å². The number of carbonyl (C=O) groups is 2. The number of nitrogens with one attached hydrogen (secondary N) is 2. The number of para-hydroxylation sites is 1. The van der Waals surface area contributed by atoms with Crippen molar-refractivity contribution in [3.8, 4) is 5.69 Å². The number of aryl methyl sites for hydroxylation is 1. The van der Waals surface area contributed by atoms with E-state index >= 15 is 0 Å². The highest BCUT2D eigenvalue weighted by molar-refractivity contribution is 7.99. The quantitative estimate of drug-likeness (QED) is 0.314. The lowest BCUT2D eigenvalue weighted by Gasteiger charge is -2.18. The summed E-state index contributed by atoms with van der Waals surface area (Å²) in [6.45, 7) is 5.90. The molecule has 1 unspecified atom stereocenters. The predicted octanol–water partition coefficient (Wildman–Crippen LogP) is 3.82. The molecule has 1 aliphatic rings. The number of imide groups is 1. The Kier molecular flexibility index (Phi) is 6.94. The average Bonchev–Trinajstić information content (AvgIpc) is 3.14. The summed E-state index contributed by atoms with van der Waals surface area (Å²) in [7, 11) is 0. The lowest BCUT2D eigenvalue weighted by atomic mass is 9.89. The first-order chi connectivity index (χ1) is 15.9. The monoisotopic (exact) mass is 486 g/mol. The molecule has 0 aliphatic heterocycles. The van der Waals surface area contributed by atoms with Gasteiger partial charge in [-0.2, -0.15) is 0 Å². The van der Waals surface area contributed by atoms with E-state index in [1.54, 1.807) is 12.1 Å². The summed E-state index contributed by atoms with van der Waals surface area (Å²) in [4.78, 5) is 44.0. The molecule has 3 amide bonds. The van der Waals surface area contributed by atoms with Crippen molar-refractivity contribution >= 4 is 45.3 Å². The summed E-state index contributed by atoms with van der Waals surface area (Å²) in [6, 6.07) is 5.34. The van der Waals surface area contributed by atoms with Crippen molar-refractivity contribution in [1.29, 1.82) is 0 Å². The molecule has 4 rings (SSSR count). The number of hydrogen-bond acceptors (Lipinski definition) is 6. The van der Waals surface area contributed by atoms with Gasteiger partial charge in [0, 0.05) is 11.4 Å². The predicted molar refractivity (Wildman–Crippen MR) is 129 cm³/mol. The molecule has 0 bridgehead atoms. The number of thiophene rings is 1. The molecule has 172 valence electrons. The number of benzene rings is 1. The smallest absolute Gasteiger partial charge is 0.321 e. The van der Waals surface area contributed by atoms with Gasteiger partial charge in [0.15, 0.2) is 5.16 Å². The van der Waals surface area contributed by atoms with Gasteiger partial charge in [-0.3, -0.25) is 19.5 Å². The molecule has 1 atom stereocenters. The van der Waals surface area contributed by atoms with Gasteiger partial charge >= 0.3 is 6.03 Å². The van der Waals surface area contributed by atoms with Crippen LogP contribution in [0.5, 0.6) is 0 Å². The Morgan fingerprint density at radius 2 is 2.18 bits per heavy atom. The average molecular weight is 487 g/mol. The molecule has 3 aromatic rings. The largest absolute Gasteiger partial charge is 0.334 e.